The van der Waals surface area contributed by atoms with Crippen LogP contribution in [0.25, 0.3) is 0 Å². The number of rotatable bonds is 7. The first-order valence-corrected chi connectivity index (χ1v) is 8.40. The molecule has 6 heteroatoms. The highest BCUT2D eigenvalue weighted by Gasteiger charge is 2.13. The molecule has 0 aliphatic carbocycles. The lowest BCUT2D eigenvalue weighted by molar-refractivity contribution is 0.252. The summed E-state index contributed by atoms with van der Waals surface area (Å²) in [6.45, 7) is 4.42. The van der Waals surface area contributed by atoms with Gasteiger partial charge < -0.3 is 24.8 Å². The van der Waals surface area contributed by atoms with Gasteiger partial charge in [-0.25, -0.2) is 4.79 Å². The van der Waals surface area contributed by atoms with E-state index in [1.807, 2.05) is 44.2 Å². The molecule has 0 aliphatic rings. The molecule has 0 saturated carbocycles. The molecular weight excluding hydrogens is 332 g/mol. The molecule has 0 heterocycles. The summed E-state index contributed by atoms with van der Waals surface area (Å²) >= 11 is 0. The minimum Gasteiger partial charge on any atom is -0.493 e. The summed E-state index contributed by atoms with van der Waals surface area (Å²) in [6, 6.07) is 9.45. The molecule has 6 nitrogen and oxygen atoms in total. The van der Waals surface area contributed by atoms with E-state index in [0.717, 1.165) is 22.4 Å². The van der Waals surface area contributed by atoms with Crippen molar-refractivity contribution in [2.24, 2.45) is 0 Å². The molecule has 26 heavy (non-hydrogen) atoms. The summed E-state index contributed by atoms with van der Waals surface area (Å²) in [5.74, 6) is 1.75. The second-order valence-corrected chi connectivity index (χ2v) is 5.93. The van der Waals surface area contributed by atoms with Crippen LogP contribution in [-0.4, -0.2) is 33.9 Å². The number of ether oxygens (including phenoxy) is 3. The Kier molecular flexibility index (Phi) is 6.72. The van der Waals surface area contributed by atoms with E-state index in [4.69, 9.17) is 14.2 Å². The van der Waals surface area contributed by atoms with E-state index >= 15 is 0 Å². The normalized spacial score (nSPS) is 10.2. The number of aryl methyl sites for hydroxylation is 2. The predicted molar refractivity (Wildman–Crippen MR) is 103 cm³/mol. The van der Waals surface area contributed by atoms with Gasteiger partial charge in [0.25, 0.3) is 0 Å². The summed E-state index contributed by atoms with van der Waals surface area (Å²) in [5.41, 5.74) is 3.89. The third kappa shape index (κ3) is 4.59. The van der Waals surface area contributed by atoms with Crippen LogP contribution >= 0.6 is 0 Å². The molecule has 2 amide bonds. The van der Waals surface area contributed by atoms with Crippen molar-refractivity contribution in [3.63, 3.8) is 0 Å². The molecule has 0 radical (unpaired) electrons. The van der Waals surface area contributed by atoms with E-state index in [0.29, 0.717) is 30.2 Å². The fourth-order valence-electron chi connectivity index (χ4n) is 2.77. The van der Waals surface area contributed by atoms with Gasteiger partial charge in [0.1, 0.15) is 0 Å². The molecule has 0 fully saturated rings. The summed E-state index contributed by atoms with van der Waals surface area (Å²) in [5, 5.41) is 5.78. The average molecular weight is 358 g/mol. The number of benzene rings is 2. The smallest absolute Gasteiger partial charge is 0.319 e. The lowest BCUT2D eigenvalue weighted by Gasteiger charge is -2.15. The Morgan fingerprint density at radius 1 is 0.962 bits per heavy atom. The number of anilines is 1. The predicted octanol–water partition coefficient (Wildman–Crippen LogP) is 3.69. The highest BCUT2D eigenvalue weighted by molar-refractivity contribution is 5.90. The number of carbonyl (C=O) groups is 1. The number of nitrogens with one attached hydrogen (secondary N) is 2. The molecular formula is C20H26N2O4. The zero-order valence-electron chi connectivity index (χ0n) is 15.9. The van der Waals surface area contributed by atoms with E-state index in [2.05, 4.69) is 10.6 Å². The first kappa shape index (κ1) is 19.4. The summed E-state index contributed by atoms with van der Waals surface area (Å²) in [6.07, 6.45) is 0.636. The third-order valence-electron chi connectivity index (χ3n) is 4.14. The Hall–Kier alpha value is -2.89. The quantitative estimate of drug-likeness (QED) is 0.792. The standard InChI is InChI=1S/C20H26N2O4/c1-13-7-6-8-14(2)18(13)22-20(23)21-10-9-15-11-16(24-3)19(26-5)17(12-15)25-4/h6-8,11-12H,9-10H2,1-5H3,(H2,21,22,23). The molecule has 2 rings (SSSR count). The van der Waals surface area contributed by atoms with Crippen LogP contribution < -0.4 is 24.8 Å². The number of hydrogen-bond donors (Lipinski definition) is 2. The van der Waals surface area contributed by atoms with Crippen molar-refractivity contribution in [2.75, 3.05) is 33.2 Å². The second kappa shape index (κ2) is 8.99. The first-order valence-electron chi connectivity index (χ1n) is 8.40. The number of hydrogen-bond acceptors (Lipinski definition) is 4. The van der Waals surface area contributed by atoms with E-state index in [1.54, 1.807) is 21.3 Å². The summed E-state index contributed by atoms with van der Waals surface area (Å²) in [7, 11) is 4.73. The lowest BCUT2D eigenvalue weighted by atomic mass is 10.1. The summed E-state index contributed by atoms with van der Waals surface area (Å²) < 4.78 is 16.0. The van der Waals surface area contributed by atoms with E-state index in [-0.39, 0.29) is 6.03 Å². The van der Waals surface area contributed by atoms with Crippen LogP contribution in [0.5, 0.6) is 17.2 Å². The van der Waals surface area contributed by atoms with Crippen LogP contribution in [0.15, 0.2) is 30.3 Å². The Labute approximate surface area is 154 Å². The van der Waals surface area contributed by atoms with Crippen molar-refractivity contribution in [3.8, 4) is 17.2 Å². The van der Waals surface area contributed by atoms with Crippen LogP contribution in [0.1, 0.15) is 16.7 Å². The van der Waals surface area contributed by atoms with Gasteiger partial charge in [0.05, 0.1) is 21.3 Å². The molecule has 0 bridgehead atoms. The molecule has 0 atom stereocenters. The van der Waals surface area contributed by atoms with Crippen LogP contribution in [-0.2, 0) is 6.42 Å². The lowest BCUT2D eigenvalue weighted by Crippen LogP contribution is -2.31. The zero-order chi connectivity index (χ0) is 19.1. The Morgan fingerprint density at radius 3 is 2.04 bits per heavy atom. The summed E-state index contributed by atoms with van der Waals surface area (Å²) in [4.78, 5) is 12.2. The molecule has 2 N–H and O–H groups in total. The van der Waals surface area contributed by atoms with Crippen LogP contribution in [0.2, 0.25) is 0 Å². The van der Waals surface area contributed by atoms with Crippen LogP contribution in [0.3, 0.4) is 0 Å². The van der Waals surface area contributed by atoms with Crippen molar-refractivity contribution in [1.82, 2.24) is 5.32 Å². The number of methoxy groups -OCH3 is 3. The van der Waals surface area contributed by atoms with Gasteiger partial charge in [0, 0.05) is 12.2 Å². The Balaban J connectivity index is 1.98. The molecule has 2 aromatic carbocycles. The number of para-hydroxylation sites is 1. The van der Waals surface area contributed by atoms with Gasteiger partial charge in [-0.05, 0) is 49.1 Å². The maximum atomic E-state index is 12.2. The van der Waals surface area contributed by atoms with Crippen molar-refractivity contribution >= 4 is 11.7 Å². The van der Waals surface area contributed by atoms with Crippen molar-refractivity contribution in [2.45, 2.75) is 20.3 Å². The largest absolute Gasteiger partial charge is 0.493 e. The molecule has 2 aromatic rings. The van der Waals surface area contributed by atoms with Gasteiger partial charge in [-0.3, -0.25) is 0 Å². The highest BCUT2D eigenvalue weighted by atomic mass is 16.5. The number of carbonyl (C=O) groups excluding carboxylic acids is 1. The number of urea groups is 1. The van der Waals surface area contributed by atoms with Crippen LogP contribution in [0, 0.1) is 13.8 Å². The Bertz CT molecular complexity index is 729. The first-order chi connectivity index (χ1) is 12.5. The molecule has 0 aliphatic heterocycles. The van der Waals surface area contributed by atoms with Gasteiger partial charge in [-0.15, -0.1) is 0 Å². The zero-order valence-corrected chi connectivity index (χ0v) is 15.9. The minimum atomic E-state index is -0.227. The van der Waals surface area contributed by atoms with Gasteiger partial charge in [-0.1, -0.05) is 18.2 Å². The van der Waals surface area contributed by atoms with Gasteiger partial charge >= 0.3 is 6.03 Å². The Morgan fingerprint density at radius 2 is 1.54 bits per heavy atom. The monoisotopic (exact) mass is 358 g/mol. The SMILES string of the molecule is COc1cc(CCNC(=O)Nc2c(C)cccc2C)cc(OC)c1OC. The molecule has 0 unspecified atom stereocenters. The van der Waals surface area contributed by atoms with Gasteiger partial charge in [0.2, 0.25) is 5.75 Å². The molecule has 0 saturated heterocycles. The van der Waals surface area contributed by atoms with Crippen molar-refractivity contribution in [1.29, 1.82) is 0 Å². The van der Waals surface area contributed by atoms with Crippen molar-refractivity contribution < 1.29 is 19.0 Å². The molecule has 0 spiro atoms. The highest BCUT2D eigenvalue weighted by Crippen LogP contribution is 2.38. The topological polar surface area (TPSA) is 68.8 Å². The maximum Gasteiger partial charge on any atom is 0.319 e. The molecule has 0 aromatic heterocycles. The van der Waals surface area contributed by atoms with E-state index < -0.39 is 0 Å². The average Bonchev–Trinajstić information content (AvgIpc) is 2.63. The van der Waals surface area contributed by atoms with Gasteiger partial charge in [-0.2, -0.15) is 0 Å². The third-order valence-corrected chi connectivity index (χ3v) is 4.14. The van der Waals surface area contributed by atoms with E-state index in [9.17, 15) is 4.79 Å². The van der Waals surface area contributed by atoms with Crippen LogP contribution in [0.4, 0.5) is 10.5 Å². The fourth-order valence-corrected chi connectivity index (χ4v) is 2.77. The van der Waals surface area contributed by atoms with Gasteiger partial charge in [0.15, 0.2) is 11.5 Å². The van der Waals surface area contributed by atoms with Crippen molar-refractivity contribution in [3.05, 3.63) is 47.0 Å². The second-order valence-electron chi connectivity index (χ2n) is 5.93. The maximum absolute atomic E-state index is 12.2. The fraction of sp³-hybridized carbons (Fsp3) is 0.350. The number of amides is 2. The minimum absolute atomic E-state index is 0.227. The van der Waals surface area contributed by atoms with E-state index in [1.165, 1.54) is 0 Å². The molecule has 140 valence electrons.